The van der Waals surface area contributed by atoms with Crippen molar-refractivity contribution in [3.63, 3.8) is 0 Å². The minimum Gasteiger partial charge on any atom is -0.382 e. The Hall–Kier alpha value is -0.150. The fourth-order valence-electron chi connectivity index (χ4n) is 0.102. The first-order valence-corrected chi connectivity index (χ1v) is 2.12. The summed E-state index contributed by atoms with van der Waals surface area (Å²) in [6.07, 6.45) is 0. The highest BCUT2D eigenvalue weighted by molar-refractivity contribution is 7.80. The first-order valence-electron chi connectivity index (χ1n) is 1.72. The van der Waals surface area contributed by atoms with E-state index in [1.54, 1.807) is 7.05 Å². The summed E-state index contributed by atoms with van der Waals surface area (Å²) in [5.41, 5.74) is 5.08. The van der Waals surface area contributed by atoms with Gasteiger partial charge in [0.15, 0.2) is 0 Å². The Morgan fingerprint density at radius 2 is 2.50 bits per heavy atom. The minimum atomic E-state index is 0.450. The van der Waals surface area contributed by atoms with Crippen LogP contribution in [0.1, 0.15) is 0 Å². The third-order valence-corrected chi connectivity index (χ3v) is 0.835. The van der Waals surface area contributed by atoms with Crippen molar-refractivity contribution >= 4 is 17.2 Å². The van der Waals surface area contributed by atoms with Gasteiger partial charge in [0.2, 0.25) is 0 Å². The van der Waals surface area contributed by atoms with E-state index in [4.69, 9.17) is 5.73 Å². The summed E-state index contributed by atoms with van der Waals surface area (Å²) in [5, 5.41) is 2.72. The monoisotopic (exact) mass is 104 g/mol. The smallest absolute Gasteiger partial charge is 0.0888 e. The number of hydrogen-bond acceptors (Lipinski definition) is 2. The molecule has 6 heavy (non-hydrogen) atoms. The number of nitrogens with one attached hydrogen (secondary N) is 1. The van der Waals surface area contributed by atoms with Crippen LogP contribution in [0.3, 0.4) is 0 Å². The van der Waals surface area contributed by atoms with Gasteiger partial charge in [-0.3, -0.25) is 0 Å². The van der Waals surface area contributed by atoms with Gasteiger partial charge >= 0.3 is 0 Å². The van der Waals surface area contributed by atoms with E-state index in [-0.39, 0.29) is 0 Å². The molecule has 0 heterocycles. The number of likely N-dealkylation sites (N-methyl/N-ethyl adjacent to an activating group) is 1. The lowest BCUT2D eigenvalue weighted by atomic mass is 10.7. The Labute approximate surface area is 42.7 Å². The highest BCUT2D eigenvalue weighted by atomic mass is 32.1. The molecule has 0 atom stereocenters. The van der Waals surface area contributed by atoms with E-state index in [9.17, 15) is 0 Å². The molecule has 0 aromatic carbocycles. The molecule has 0 spiro atoms. The summed E-state index contributed by atoms with van der Waals surface area (Å²) in [4.78, 5) is 0.704. The third kappa shape index (κ3) is 2.11. The summed E-state index contributed by atoms with van der Waals surface area (Å²) in [6.45, 7) is 0.450. The molecule has 0 saturated carbocycles. The molecule has 3 heteroatoms. The fraction of sp³-hybridized carbons (Fsp3) is 0.667. The topological polar surface area (TPSA) is 38.0 Å². The Kier molecular flexibility index (Phi) is 2.98. The van der Waals surface area contributed by atoms with E-state index >= 15 is 0 Å². The Morgan fingerprint density at radius 3 is 2.50 bits per heavy atom. The van der Waals surface area contributed by atoms with Gasteiger partial charge in [-0.05, 0) is 0 Å². The third-order valence-electron chi connectivity index (χ3n) is 0.464. The van der Waals surface area contributed by atoms with Crippen LogP contribution in [0.4, 0.5) is 0 Å². The lowest BCUT2D eigenvalue weighted by Crippen LogP contribution is -2.24. The molecule has 0 aromatic rings. The SMILES string of the molecule is CNC(=S)CN. The summed E-state index contributed by atoms with van der Waals surface area (Å²) < 4.78 is 0. The highest BCUT2D eigenvalue weighted by Crippen LogP contribution is 1.57. The molecule has 0 unspecified atom stereocenters. The highest BCUT2D eigenvalue weighted by Gasteiger charge is 1.78. The Balaban J connectivity index is 2.99. The molecular weight excluding hydrogens is 96.1 g/mol. The molecule has 0 rings (SSSR count). The lowest BCUT2D eigenvalue weighted by Gasteiger charge is -1.92. The molecule has 3 N–H and O–H groups in total. The van der Waals surface area contributed by atoms with Gasteiger partial charge in [-0.25, -0.2) is 0 Å². The van der Waals surface area contributed by atoms with Crippen LogP contribution < -0.4 is 11.1 Å². The molecule has 0 aliphatic heterocycles. The quantitative estimate of drug-likeness (QED) is 0.440. The van der Waals surface area contributed by atoms with E-state index in [1.807, 2.05) is 0 Å². The molecule has 0 bridgehead atoms. The van der Waals surface area contributed by atoms with Crippen molar-refractivity contribution in [2.45, 2.75) is 0 Å². The van der Waals surface area contributed by atoms with Gasteiger partial charge in [-0.1, -0.05) is 12.2 Å². The van der Waals surface area contributed by atoms with Crippen molar-refractivity contribution in [2.24, 2.45) is 5.73 Å². The normalized spacial score (nSPS) is 7.67. The maximum Gasteiger partial charge on any atom is 0.0888 e. The van der Waals surface area contributed by atoms with Crippen molar-refractivity contribution in [1.29, 1.82) is 0 Å². The molecule has 0 amide bonds. The van der Waals surface area contributed by atoms with Crippen molar-refractivity contribution in [3.05, 3.63) is 0 Å². The lowest BCUT2D eigenvalue weighted by molar-refractivity contribution is 1.14. The summed E-state index contributed by atoms with van der Waals surface area (Å²) in [5.74, 6) is 0. The van der Waals surface area contributed by atoms with E-state index < -0.39 is 0 Å². The molecule has 0 aliphatic carbocycles. The van der Waals surface area contributed by atoms with Crippen LogP contribution >= 0.6 is 12.2 Å². The average Bonchev–Trinajstić information content (AvgIpc) is 1.65. The maximum absolute atomic E-state index is 5.08. The second-order valence-corrected chi connectivity index (χ2v) is 1.37. The molecule has 0 aromatic heterocycles. The fourth-order valence-corrected chi connectivity index (χ4v) is 0.102. The van der Waals surface area contributed by atoms with Crippen molar-refractivity contribution in [2.75, 3.05) is 13.6 Å². The van der Waals surface area contributed by atoms with E-state index in [2.05, 4.69) is 17.5 Å². The number of rotatable bonds is 1. The van der Waals surface area contributed by atoms with Crippen LogP contribution in [0.25, 0.3) is 0 Å². The van der Waals surface area contributed by atoms with E-state index in [1.165, 1.54) is 0 Å². The molecule has 0 radical (unpaired) electrons. The minimum absolute atomic E-state index is 0.450. The maximum atomic E-state index is 5.08. The van der Waals surface area contributed by atoms with Gasteiger partial charge in [-0.15, -0.1) is 0 Å². The molecule has 0 fully saturated rings. The van der Waals surface area contributed by atoms with Crippen LogP contribution in [0.5, 0.6) is 0 Å². The van der Waals surface area contributed by atoms with Crippen LogP contribution in [0.15, 0.2) is 0 Å². The Bertz CT molecular complexity index is 46.8. The van der Waals surface area contributed by atoms with E-state index in [0.29, 0.717) is 11.5 Å². The second-order valence-electron chi connectivity index (χ2n) is 0.877. The zero-order valence-electron chi connectivity index (χ0n) is 3.69. The molecule has 0 aliphatic rings. The summed E-state index contributed by atoms with van der Waals surface area (Å²) in [6, 6.07) is 0. The van der Waals surface area contributed by atoms with Crippen molar-refractivity contribution < 1.29 is 0 Å². The largest absolute Gasteiger partial charge is 0.382 e. The molecular formula is C3H8N2S. The first-order chi connectivity index (χ1) is 2.81. The van der Waals surface area contributed by atoms with Crippen LogP contribution in [0, 0.1) is 0 Å². The number of thiocarbonyl (C=S) groups is 1. The predicted molar refractivity (Wildman–Crippen MR) is 30.7 cm³/mol. The van der Waals surface area contributed by atoms with E-state index in [0.717, 1.165) is 0 Å². The van der Waals surface area contributed by atoms with Crippen molar-refractivity contribution in [1.82, 2.24) is 5.32 Å². The van der Waals surface area contributed by atoms with Crippen LogP contribution in [0.2, 0.25) is 0 Å². The number of hydrogen-bond donors (Lipinski definition) is 2. The number of nitrogens with two attached hydrogens (primary N) is 1. The zero-order valence-corrected chi connectivity index (χ0v) is 4.51. The predicted octanol–water partition coefficient (Wildman–Crippen LogP) is -0.508. The first kappa shape index (κ1) is 5.85. The zero-order chi connectivity index (χ0) is 4.99. The van der Waals surface area contributed by atoms with Crippen molar-refractivity contribution in [3.8, 4) is 0 Å². The molecule has 2 nitrogen and oxygen atoms in total. The van der Waals surface area contributed by atoms with Gasteiger partial charge in [-0.2, -0.15) is 0 Å². The standard InChI is InChI=1S/C3H8N2S/c1-5-3(6)2-4/h2,4H2,1H3,(H,5,6). The second kappa shape index (κ2) is 3.06. The van der Waals surface area contributed by atoms with Crippen LogP contribution in [-0.2, 0) is 0 Å². The average molecular weight is 104 g/mol. The van der Waals surface area contributed by atoms with Crippen LogP contribution in [-0.4, -0.2) is 18.6 Å². The molecule has 36 valence electrons. The summed E-state index contributed by atoms with van der Waals surface area (Å²) >= 11 is 4.62. The van der Waals surface area contributed by atoms with Gasteiger partial charge in [0.1, 0.15) is 0 Å². The molecule has 0 saturated heterocycles. The van der Waals surface area contributed by atoms with Gasteiger partial charge in [0, 0.05) is 13.6 Å². The summed E-state index contributed by atoms with van der Waals surface area (Å²) in [7, 11) is 1.76. The van der Waals surface area contributed by atoms with Gasteiger partial charge in [0.25, 0.3) is 0 Å². The Morgan fingerprint density at radius 1 is 2.00 bits per heavy atom. The van der Waals surface area contributed by atoms with Gasteiger partial charge in [0.05, 0.1) is 4.99 Å². The van der Waals surface area contributed by atoms with Gasteiger partial charge < -0.3 is 11.1 Å².